The summed E-state index contributed by atoms with van der Waals surface area (Å²) >= 11 is 1.72. The maximum Gasteiger partial charge on any atom is 0.0885 e. The summed E-state index contributed by atoms with van der Waals surface area (Å²) in [5.41, 5.74) is 6.79. The van der Waals surface area contributed by atoms with E-state index in [0.717, 1.165) is 0 Å². The highest BCUT2D eigenvalue weighted by Gasteiger charge is 2.00. The molecule has 56 valence electrons. The quantitative estimate of drug-likeness (QED) is 0.682. The van der Waals surface area contributed by atoms with E-state index in [-0.39, 0.29) is 0 Å². The van der Waals surface area contributed by atoms with Gasteiger partial charge >= 0.3 is 0 Å². The molecule has 1 rings (SSSR count). The molecule has 0 amide bonds. The summed E-state index contributed by atoms with van der Waals surface area (Å²) in [6, 6.07) is 2.12. The van der Waals surface area contributed by atoms with Crippen LogP contribution < -0.4 is 11.1 Å². The molecule has 0 saturated heterocycles. The second-order valence-electron chi connectivity index (χ2n) is 2.17. The van der Waals surface area contributed by atoms with Gasteiger partial charge in [0.15, 0.2) is 0 Å². The third-order valence-electron chi connectivity index (χ3n) is 1.45. The summed E-state index contributed by atoms with van der Waals surface area (Å²) in [6.07, 6.45) is 0. The number of rotatable bonds is 2. The Morgan fingerprint density at radius 3 is 2.70 bits per heavy atom. The summed E-state index contributed by atoms with van der Waals surface area (Å²) in [4.78, 5) is 1.27. The lowest BCUT2D eigenvalue weighted by Gasteiger charge is -1.89. The van der Waals surface area contributed by atoms with Crippen molar-refractivity contribution in [1.82, 2.24) is 0 Å². The van der Waals surface area contributed by atoms with Gasteiger partial charge in [-0.2, -0.15) is 0 Å². The molecule has 3 N–H and O–H groups in total. The van der Waals surface area contributed by atoms with Gasteiger partial charge in [-0.15, -0.1) is 11.3 Å². The Kier molecular flexibility index (Phi) is 2.29. The highest BCUT2D eigenvalue weighted by atomic mass is 32.1. The molecular weight excluding hydrogens is 144 g/mol. The van der Waals surface area contributed by atoms with Crippen LogP contribution >= 0.6 is 11.3 Å². The second kappa shape index (κ2) is 3.03. The van der Waals surface area contributed by atoms with Crippen LogP contribution in [0.3, 0.4) is 0 Å². The first-order chi connectivity index (χ1) is 4.77. The van der Waals surface area contributed by atoms with Crippen molar-refractivity contribution < 1.29 is 0 Å². The Morgan fingerprint density at radius 1 is 1.70 bits per heavy atom. The summed E-state index contributed by atoms with van der Waals surface area (Å²) in [5.74, 6) is 0. The fourth-order valence-corrected chi connectivity index (χ4v) is 1.75. The fraction of sp³-hybridized carbons (Fsp3) is 0.429. The van der Waals surface area contributed by atoms with Gasteiger partial charge in [-0.25, -0.2) is 0 Å². The molecule has 3 heteroatoms. The fourth-order valence-electron chi connectivity index (χ4n) is 0.846. The van der Waals surface area contributed by atoms with Crippen LogP contribution in [0.1, 0.15) is 10.4 Å². The van der Waals surface area contributed by atoms with Gasteiger partial charge < -0.3 is 11.1 Å². The highest BCUT2D eigenvalue weighted by molar-refractivity contribution is 7.16. The van der Waals surface area contributed by atoms with Gasteiger partial charge in [0, 0.05) is 18.5 Å². The molecule has 1 heterocycles. The zero-order valence-electron chi connectivity index (χ0n) is 6.27. The van der Waals surface area contributed by atoms with Crippen LogP contribution in [0.15, 0.2) is 6.07 Å². The Bertz CT molecular complexity index is 217. The zero-order valence-corrected chi connectivity index (χ0v) is 7.09. The molecule has 0 aromatic carbocycles. The molecule has 0 aliphatic carbocycles. The number of nitrogens with two attached hydrogens (primary N) is 1. The van der Waals surface area contributed by atoms with E-state index in [1.807, 2.05) is 7.05 Å². The van der Waals surface area contributed by atoms with E-state index in [0.29, 0.717) is 6.54 Å². The number of anilines is 1. The Hall–Kier alpha value is -0.540. The molecule has 0 spiro atoms. The van der Waals surface area contributed by atoms with Crippen LogP contribution in [0.4, 0.5) is 5.00 Å². The van der Waals surface area contributed by atoms with Crippen molar-refractivity contribution in [1.29, 1.82) is 0 Å². The van der Waals surface area contributed by atoms with Gasteiger partial charge in [0.25, 0.3) is 0 Å². The molecule has 0 fully saturated rings. The summed E-state index contributed by atoms with van der Waals surface area (Å²) in [5, 5.41) is 4.28. The number of thiophene rings is 1. The average molecular weight is 156 g/mol. The first-order valence-electron chi connectivity index (χ1n) is 3.25. The smallest absolute Gasteiger partial charge is 0.0885 e. The predicted molar refractivity (Wildman–Crippen MR) is 46.5 cm³/mol. The number of aryl methyl sites for hydroxylation is 1. The summed E-state index contributed by atoms with van der Waals surface area (Å²) < 4.78 is 0. The van der Waals surface area contributed by atoms with Crippen LogP contribution in [-0.2, 0) is 6.54 Å². The van der Waals surface area contributed by atoms with Gasteiger partial charge in [-0.3, -0.25) is 0 Å². The van der Waals surface area contributed by atoms with Gasteiger partial charge in [-0.05, 0) is 18.6 Å². The first-order valence-corrected chi connectivity index (χ1v) is 4.06. The molecule has 0 saturated carbocycles. The van der Waals surface area contributed by atoms with Crippen LogP contribution in [0.5, 0.6) is 0 Å². The van der Waals surface area contributed by atoms with E-state index in [9.17, 15) is 0 Å². The Morgan fingerprint density at radius 2 is 2.40 bits per heavy atom. The molecule has 0 atom stereocenters. The molecule has 0 aliphatic rings. The van der Waals surface area contributed by atoms with Crippen LogP contribution in [-0.4, -0.2) is 7.05 Å². The molecule has 2 nitrogen and oxygen atoms in total. The SMILES string of the molecule is CNc1cc(C)c(CN)s1. The Labute approximate surface area is 65.1 Å². The first kappa shape index (κ1) is 7.57. The van der Waals surface area contributed by atoms with Gasteiger partial charge in [0.2, 0.25) is 0 Å². The van der Waals surface area contributed by atoms with Crippen molar-refractivity contribution in [3.8, 4) is 0 Å². The van der Waals surface area contributed by atoms with Crippen molar-refractivity contribution in [3.63, 3.8) is 0 Å². The lowest BCUT2D eigenvalue weighted by molar-refractivity contribution is 1.09. The van der Waals surface area contributed by atoms with Crippen molar-refractivity contribution in [2.75, 3.05) is 12.4 Å². The second-order valence-corrected chi connectivity index (χ2v) is 3.31. The maximum atomic E-state index is 5.50. The van der Waals surface area contributed by atoms with E-state index in [4.69, 9.17) is 5.73 Å². The minimum absolute atomic E-state index is 0.651. The van der Waals surface area contributed by atoms with Gasteiger partial charge in [0.1, 0.15) is 0 Å². The van der Waals surface area contributed by atoms with E-state index in [1.165, 1.54) is 15.4 Å². The minimum atomic E-state index is 0.651. The molecule has 0 radical (unpaired) electrons. The van der Waals surface area contributed by atoms with Crippen molar-refractivity contribution in [3.05, 3.63) is 16.5 Å². The third-order valence-corrected chi connectivity index (χ3v) is 2.73. The van der Waals surface area contributed by atoms with Crippen molar-refractivity contribution in [2.45, 2.75) is 13.5 Å². The van der Waals surface area contributed by atoms with Crippen LogP contribution in [0.2, 0.25) is 0 Å². The number of hydrogen-bond donors (Lipinski definition) is 2. The maximum absolute atomic E-state index is 5.50. The third kappa shape index (κ3) is 1.30. The minimum Gasteiger partial charge on any atom is -0.380 e. The molecular formula is C7H12N2S. The van der Waals surface area contributed by atoms with Crippen LogP contribution in [0.25, 0.3) is 0 Å². The van der Waals surface area contributed by atoms with Gasteiger partial charge in [0.05, 0.1) is 5.00 Å². The van der Waals surface area contributed by atoms with E-state index < -0.39 is 0 Å². The Balaban J connectivity index is 2.92. The number of hydrogen-bond acceptors (Lipinski definition) is 3. The van der Waals surface area contributed by atoms with Gasteiger partial charge in [-0.1, -0.05) is 0 Å². The number of nitrogens with one attached hydrogen (secondary N) is 1. The predicted octanol–water partition coefficient (Wildman–Crippen LogP) is 1.56. The molecule has 10 heavy (non-hydrogen) atoms. The van der Waals surface area contributed by atoms with Crippen molar-refractivity contribution >= 4 is 16.3 Å². The van der Waals surface area contributed by atoms with Crippen LogP contribution in [0, 0.1) is 6.92 Å². The largest absolute Gasteiger partial charge is 0.380 e. The standard InChI is InChI=1S/C7H12N2S/c1-5-3-7(9-2)10-6(5)4-8/h3,9H,4,8H2,1-2H3. The lowest BCUT2D eigenvalue weighted by atomic mass is 10.3. The van der Waals surface area contributed by atoms with E-state index in [2.05, 4.69) is 18.3 Å². The van der Waals surface area contributed by atoms with Crippen molar-refractivity contribution in [2.24, 2.45) is 5.73 Å². The summed E-state index contributed by atoms with van der Waals surface area (Å²) in [7, 11) is 1.92. The normalized spacial score (nSPS) is 9.90. The molecule has 0 bridgehead atoms. The molecule has 1 aromatic heterocycles. The van der Waals surface area contributed by atoms with E-state index in [1.54, 1.807) is 11.3 Å². The monoisotopic (exact) mass is 156 g/mol. The topological polar surface area (TPSA) is 38.0 Å². The highest BCUT2D eigenvalue weighted by Crippen LogP contribution is 2.25. The lowest BCUT2D eigenvalue weighted by Crippen LogP contribution is -1.93. The van der Waals surface area contributed by atoms with E-state index >= 15 is 0 Å². The molecule has 0 unspecified atom stereocenters. The molecule has 1 aromatic rings. The zero-order chi connectivity index (χ0) is 7.56. The molecule has 0 aliphatic heterocycles. The average Bonchev–Trinajstić information content (AvgIpc) is 2.30. The summed E-state index contributed by atoms with van der Waals surface area (Å²) in [6.45, 7) is 2.73.